The molecule has 100 valence electrons. The number of nitrogens with two attached hydrogens (primary N) is 1. The first-order valence-corrected chi connectivity index (χ1v) is 6.16. The van der Waals surface area contributed by atoms with E-state index in [1.807, 2.05) is 0 Å². The maximum atomic E-state index is 12.1. The summed E-state index contributed by atoms with van der Waals surface area (Å²) in [6.07, 6.45) is 3.52. The zero-order valence-electron chi connectivity index (χ0n) is 11.1. The van der Waals surface area contributed by atoms with Gasteiger partial charge in [0.1, 0.15) is 5.82 Å². The summed E-state index contributed by atoms with van der Waals surface area (Å²) in [4.78, 5) is 16.3. The lowest BCUT2D eigenvalue weighted by molar-refractivity contribution is 0.102. The number of hydrogen-bond donors (Lipinski definition) is 2. The Hall–Kier alpha value is -2.37. The van der Waals surface area contributed by atoms with Crippen LogP contribution >= 0.6 is 0 Å². The molecule has 0 bridgehead atoms. The largest absolute Gasteiger partial charge is 0.384 e. The van der Waals surface area contributed by atoms with E-state index in [0.717, 1.165) is 18.5 Å². The van der Waals surface area contributed by atoms with Gasteiger partial charge in [0.05, 0.1) is 0 Å². The summed E-state index contributed by atoms with van der Waals surface area (Å²) in [5, 5.41) is 6.82. The van der Waals surface area contributed by atoms with Crippen molar-refractivity contribution in [2.45, 2.75) is 19.8 Å². The van der Waals surface area contributed by atoms with E-state index in [4.69, 9.17) is 5.73 Å². The molecule has 0 fully saturated rings. The molecule has 0 aliphatic rings. The Kier molecular flexibility index (Phi) is 3.79. The van der Waals surface area contributed by atoms with Gasteiger partial charge in [0.25, 0.3) is 5.91 Å². The van der Waals surface area contributed by atoms with E-state index in [1.165, 1.54) is 0 Å². The van der Waals surface area contributed by atoms with Crippen LogP contribution in [0.5, 0.6) is 0 Å². The van der Waals surface area contributed by atoms with Gasteiger partial charge >= 0.3 is 0 Å². The first-order chi connectivity index (χ1) is 9.08. The Bertz CT molecular complexity index is 590. The fourth-order valence-corrected chi connectivity index (χ4v) is 1.80. The highest BCUT2D eigenvalue weighted by molar-refractivity contribution is 6.04. The van der Waals surface area contributed by atoms with Crippen LogP contribution in [0.4, 0.5) is 11.6 Å². The topological polar surface area (TPSA) is 85.8 Å². The van der Waals surface area contributed by atoms with Gasteiger partial charge in [-0.15, -0.1) is 0 Å². The number of amides is 1. The van der Waals surface area contributed by atoms with Crippen molar-refractivity contribution in [3.63, 3.8) is 0 Å². The third kappa shape index (κ3) is 3.31. The Balaban J connectivity index is 2.18. The number of nitrogen functional groups attached to an aromatic ring is 1. The van der Waals surface area contributed by atoms with Gasteiger partial charge in [-0.05, 0) is 18.6 Å². The van der Waals surface area contributed by atoms with Gasteiger partial charge in [0.15, 0.2) is 5.82 Å². The Morgan fingerprint density at radius 1 is 1.47 bits per heavy atom. The Morgan fingerprint density at radius 3 is 2.89 bits per heavy atom. The predicted octanol–water partition coefficient (Wildman–Crippen LogP) is 1.60. The van der Waals surface area contributed by atoms with E-state index in [9.17, 15) is 4.79 Å². The van der Waals surface area contributed by atoms with Gasteiger partial charge in [0, 0.05) is 30.6 Å². The number of rotatable bonds is 4. The number of aromatic nitrogens is 3. The minimum Gasteiger partial charge on any atom is -0.384 e. The van der Waals surface area contributed by atoms with Crippen molar-refractivity contribution in [2.75, 3.05) is 11.1 Å². The molecule has 6 heteroatoms. The zero-order valence-corrected chi connectivity index (χ0v) is 11.1. The van der Waals surface area contributed by atoms with E-state index in [0.29, 0.717) is 17.2 Å². The molecule has 0 aliphatic carbocycles. The lowest BCUT2D eigenvalue weighted by Gasteiger charge is -2.06. The average Bonchev–Trinajstić information content (AvgIpc) is 2.74. The molecule has 0 spiro atoms. The second kappa shape index (κ2) is 5.51. The van der Waals surface area contributed by atoms with Crippen molar-refractivity contribution in [3.8, 4) is 0 Å². The number of aryl methyl sites for hydroxylation is 2. The first-order valence-electron chi connectivity index (χ1n) is 6.16. The number of carbonyl (C=O) groups excluding carboxylic acids is 1. The number of nitrogens with zero attached hydrogens (tertiary/aromatic N) is 3. The monoisotopic (exact) mass is 259 g/mol. The highest BCUT2D eigenvalue weighted by Gasteiger charge is 2.10. The molecule has 0 saturated carbocycles. The van der Waals surface area contributed by atoms with Crippen molar-refractivity contribution in [2.24, 2.45) is 7.05 Å². The SMILES string of the molecule is CCCc1cc(C(=O)Nc2ccn(C)n2)cc(N)n1. The van der Waals surface area contributed by atoms with Crippen molar-refractivity contribution < 1.29 is 4.79 Å². The maximum absolute atomic E-state index is 12.1. The fraction of sp³-hybridized carbons (Fsp3) is 0.308. The van der Waals surface area contributed by atoms with Crippen LogP contribution in [-0.2, 0) is 13.5 Å². The van der Waals surface area contributed by atoms with E-state index in [1.54, 1.807) is 36.1 Å². The van der Waals surface area contributed by atoms with E-state index >= 15 is 0 Å². The van der Waals surface area contributed by atoms with E-state index in [2.05, 4.69) is 22.3 Å². The molecule has 0 aromatic carbocycles. The molecule has 3 N–H and O–H groups in total. The molecule has 2 rings (SSSR count). The van der Waals surface area contributed by atoms with Gasteiger partial charge in [-0.25, -0.2) is 4.98 Å². The molecule has 0 aliphatic heterocycles. The molecule has 6 nitrogen and oxygen atoms in total. The van der Waals surface area contributed by atoms with Crippen molar-refractivity contribution in [1.29, 1.82) is 0 Å². The quantitative estimate of drug-likeness (QED) is 0.873. The van der Waals surface area contributed by atoms with Crippen molar-refractivity contribution >= 4 is 17.5 Å². The summed E-state index contributed by atoms with van der Waals surface area (Å²) in [7, 11) is 1.79. The zero-order chi connectivity index (χ0) is 13.8. The molecule has 19 heavy (non-hydrogen) atoms. The van der Waals surface area contributed by atoms with Crippen molar-refractivity contribution in [3.05, 3.63) is 35.7 Å². The van der Waals surface area contributed by atoms with Crippen LogP contribution < -0.4 is 11.1 Å². The maximum Gasteiger partial charge on any atom is 0.257 e. The Labute approximate surface area is 111 Å². The van der Waals surface area contributed by atoms with Crippen LogP contribution in [0.25, 0.3) is 0 Å². The average molecular weight is 259 g/mol. The van der Waals surface area contributed by atoms with Gasteiger partial charge in [-0.1, -0.05) is 13.3 Å². The second-order valence-corrected chi connectivity index (χ2v) is 4.35. The third-order valence-corrected chi connectivity index (χ3v) is 2.62. The summed E-state index contributed by atoms with van der Waals surface area (Å²) in [6, 6.07) is 5.06. The summed E-state index contributed by atoms with van der Waals surface area (Å²) in [5.41, 5.74) is 7.04. The van der Waals surface area contributed by atoms with Crippen LogP contribution in [0.1, 0.15) is 29.4 Å². The summed E-state index contributed by atoms with van der Waals surface area (Å²) >= 11 is 0. The molecule has 2 aromatic heterocycles. The second-order valence-electron chi connectivity index (χ2n) is 4.35. The minimum absolute atomic E-state index is 0.231. The van der Waals surface area contributed by atoms with Crippen LogP contribution in [0, 0.1) is 0 Å². The van der Waals surface area contributed by atoms with Crippen LogP contribution in [-0.4, -0.2) is 20.7 Å². The molecule has 0 radical (unpaired) electrons. The predicted molar refractivity (Wildman–Crippen MR) is 73.8 cm³/mol. The number of nitrogens with one attached hydrogen (secondary N) is 1. The van der Waals surface area contributed by atoms with E-state index in [-0.39, 0.29) is 5.91 Å². The smallest absolute Gasteiger partial charge is 0.257 e. The molecule has 0 atom stereocenters. The molecular formula is C13H17N5O. The molecule has 2 heterocycles. The van der Waals surface area contributed by atoms with Crippen LogP contribution in [0.2, 0.25) is 0 Å². The van der Waals surface area contributed by atoms with Gasteiger partial charge < -0.3 is 11.1 Å². The number of carbonyl (C=O) groups is 1. The molecule has 2 aromatic rings. The van der Waals surface area contributed by atoms with Crippen LogP contribution in [0.3, 0.4) is 0 Å². The number of pyridine rings is 1. The van der Waals surface area contributed by atoms with Gasteiger partial charge in [-0.2, -0.15) is 5.10 Å². The summed E-state index contributed by atoms with van der Waals surface area (Å²) in [6.45, 7) is 2.05. The van der Waals surface area contributed by atoms with Gasteiger partial charge in [0.2, 0.25) is 0 Å². The normalized spacial score (nSPS) is 10.4. The molecular weight excluding hydrogens is 242 g/mol. The van der Waals surface area contributed by atoms with Gasteiger partial charge in [-0.3, -0.25) is 9.48 Å². The fourth-order valence-electron chi connectivity index (χ4n) is 1.80. The Morgan fingerprint density at radius 2 is 2.26 bits per heavy atom. The highest BCUT2D eigenvalue weighted by Crippen LogP contribution is 2.12. The molecule has 1 amide bonds. The highest BCUT2D eigenvalue weighted by atomic mass is 16.1. The third-order valence-electron chi connectivity index (χ3n) is 2.62. The van der Waals surface area contributed by atoms with E-state index < -0.39 is 0 Å². The lowest BCUT2D eigenvalue weighted by Crippen LogP contribution is -2.14. The molecule has 0 saturated heterocycles. The van der Waals surface area contributed by atoms with Crippen LogP contribution in [0.15, 0.2) is 24.4 Å². The summed E-state index contributed by atoms with van der Waals surface area (Å²) in [5.74, 6) is 0.641. The number of anilines is 2. The van der Waals surface area contributed by atoms with Crippen molar-refractivity contribution in [1.82, 2.24) is 14.8 Å². The standard InChI is InChI=1S/C13H17N5O/c1-3-4-10-7-9(8-11(14)15-10)13(19)16-12-5-6-18(2)17-12/h5-8H,3-4H2,1-2H3,(H2,14,15)(H,16,17,19). The summed E-state index contributed by atoms with van der Waals surface area (Å²) < 4.78 is 1.62. The number of hydrogen-bond acceptors (Lipinski definition) is 4. The lowest BCUT2D eigenvalue weighted by atomic mass is 10.1. The first kappa shape index (κ1) is 13.1. The molecule has 0 unspecified atom stereocenters. The minimum atomic E-state index is -0.231.